The van der Waals surface area contributed by atoms with Gasteiger partial charge in [-0.15, -0.1) is 0 Å². The summed E-state index contributed by atoms with van der Waals surface area (Å²) in [4.78, 5) is 25.6. The van der Waals surface area contributed by atoms with Gasteiger partial charge in [0.25, 0.3) is 0 Å². The number of carbonyl (C=O) groups is 2. The fourth-order valence-electron chi connectivity index (χ4n) is 2.20. The Hall–Kier alpha value is -1.95. The van der Waals surface area contributed by atoms with Crippen molar-refractivity contribution in [2.75, 3.05) is 31.7 Å². The third-order valence-corrected chi connectivity index (χ3v) is 3.27. The molecule has 0 aromatic heterocycles. The van der Waals surface area contributed by atoms with Gasteiger partial charge in [-0.05, 0) is 30.7 Å². The molecular formula is C14H17FN2O3. The highest BCUT2D eigenvalue weighted by Crippen LogP contribution is 2.25. The van der Waals surface area contributed by atoms with Gasteiger partial charge < -0.3 is 15.0 Å². The molecule has 2 rings (SSSR count). The Morgan fingerprint density at radius 1 is 1.45 bits per heavy atom. The Kier molecular flexibility index (Phi) is 4.68. The third-order valence-electron chi connectivity index (χ3n) is 3.27. The molecule has 0 spiro atoms. The SMILES string of the molecule is COCCNC(=O)[C@H]1CCN(c2ccc(F)cc2)C1=O. The lowest BCUT2D eigenvalue weighted by atomic mass is 10.1. The molecule has 0 bridgehead atoms. The van der Waals surface area contributed by atoms with Crippen LogP contribution in [-0.2, 0) is 14.3 Å². The van der Waals surface area contributed by atoms with Crippen molar-refractivity contribution >= 4 is 17.5 Å². The lowest BCUT2D eigenvalue weighted by Gasteiger charge is -2.16. The predicted molar refractivity (Wildman–Crippen MR) is 71.7 cm³/mol. The Morgan fingerprint density at radius 3 is 2.80 bits per heavy atom. The van der Waals surface area contributed by atoms with Gasteiger partial charge >= 0.3 is 0 Å². The van der Waals surface area contributed by atoms with E-state index in [-0.39, 0.29) is 17.6 Å². The van der Waals surface area contributed by atoms with E-state index in [9.17, 15) is 14.0 Å². The molecule has 2 amide bonds. The summed E-state index contributed by atoms with van der Waals surface area (Å²) in [6.07, 6.45) is 0.467. The van der Waals surface area contributed by atoms with Gasteiger partial charge in [0.2, 0.25) is 11.8 Å². The van der Waals surface area contributed by atoms with Gasteiger partial charge in [-0.1, -0.05) is 0 Å². The van der Waals surface area contributed by atoms with Crippen LogP contribution in [0, 0.1) is 11.7 Å². The molecule has 1 aromatic carbocycles. The quantitative estimate of drug-likeness (QED) is 0.645. The molecule has 5 nitrogen and oxygen atoms in total. The number of rotatable bonds is 5. The number of anilines is 1. The molecule has 1 aromatic rings. The van der Waals surface area contributed by atoms with E-state index >= 15 is 0 Å². The topological polar surface area (TPSA) is 58.6 Å². The summed E-state index contributed by atoms with van der Waals surface area (Å²) in [6, 6.07) is 5.68. The van der Waals surface area contributed by atoms with E-state index in [0.717, 1.165) is 0 Å². The fourth-order valence-corrected chi connectivity index (χ4v) is 2.20. The number of nitrogens with one attached hydrogen (secondary N) is 1. The smallest absolute Gasteiger partial charge is 0.239 e. The minimum Gasteiger partial charge on any atom is -0.383 e. The van der Waals surface area contributed by atoms with Crippen LogP contribution in [0.5, 0.6) is 0 Å². The number of carbonyl (C=O) groups excluding carboxylic acids is 2. The molecule has 0 unspecified atom stereocenters. The maximum Gasteiger partial charge on any atom is 0.239 e. The first-order valence-corrected chi connectivity index (χ1v) is 6.47. The van der Waals surface area contributed by atoms with Crippen molar-refractivity contribution in [3.8, 4) is 0 Å². The summed E-state index contributed by atoms with van der Waals surface area (Å²) in [5.74, 6) is -1.55. The molecule has 1 heterocycles. The van der Waals surface area contributed by atoms with Crippen molar-refractivity contribution in [3.63, 3.8) is 0 Å². The van der Waals surface area contributed by atoms with Crippen LogP contribution in [0.1, 0.15) is 6.42 Å². The Morgan fingerprint density at radius 2 is 2.15 bits per heavy atom. The molecule has 6 heteroatoms. The number of methoxy groups -OCH3 is 1. The highest BCUT2D eigenvalue weighted by molar-refractivity contribution is 6.09. The summed E-state index contributed by atoms with van der Waals surface area (Å²) in [7, 11) is 1.54. The van der Waals surface area contributed by atoms with Crippen LogP contribution in [0.4, 0.5) is 10.1 Å². The first-order chi connectivity index (χ1) is 9.63. The standard InChI is InChI=1S/C14H17FN2O3/c1-20-9-7-16-13(18)12-6-8-17(14(12)19)11-4-2-10(15)3-5-11/h2-5,12H,6-9H2,1H3,(H,16,18)/t12-/m1/s1. The largest absolute Gasteiger partial charge is 0.383 e. The van der Waals surface area contributed by atoms with Crippen molar-refractivity contribution in [3.05, 3.63) is 30.1 Å². The van der Waals surface area contributed by atoms with E-state index in [0.29, 0.717) is 31.8 Å². The second-order valence-corrected chi connectivity index (χ2v) is 4.59. The zero-order valence-corrected chi connectivity index (χ0v) is 11.3. The van der Waals surface area contributed by atoms with Crippen LogP contribution < -0.4 is 10.2 Å². The maximum atomic E-state index is 12.9. The minimum absolute atomic E-state index is 0.244. The van der Waals surface area contributed by atoms with Crippen LogP contribution in [0.15, 0.2) is 24.3 Å². The number of ether oxygens (including phenoxy) is 1. The van der Waals surface area contributed by atoms with Crippen molar-refractivity contribution in [1.82, 2.24) is 5.32 Å². The zero-order chi connectivity index (χ0) is 14.5. The second kappa shape index (κ2) is 6.47. The molecule has 1 aliphatic heterocycles. The average Bonchev–Trinajstić information content (AvgIpc) is 2.82. The first kappa shape index (κ1) is 14.5. The molecule has 0 saturated carbocycles. The first-order valence-electron chi connectivity index (χ1n) is 6.47. The summed E-state index contributed by atoms with van der Waals surface area (Å²) < 4.78 is 17.7. The van der Waals surface area contributed by atoms with E-state index in [2.05, 4.69) is 5.32 Å². The molecule has 1 fully saturated rings. The second-order valence-electron chi connectivity index (χ2n) is 4.59. The van der Waals surface area contributed by atoms with Crippen molar-refractivity contribution in [2.45, 2.75) is 6.42 Å². The minimum atomic E-state index is -0.670. The summed E-state index contributed by atoms with van der Waals surface area (Å²) in [5.41, 5.74) is 0.614. The van der Waals surface area contributed by atoms with Crippen LogP contribution in [0.25, 0.3) is 0 Å². The summed E-state index contributed by atoms with van der Waals surface area (Å²) in [5, 5.41) is 2.67. The number of nitrogens with zero attached hydrogens (tertiary/aromatic N) is 1. The van der Waals surface area contributed by atoms with Crippen LogP contribution in [0.3, 0.4) is 0 Å². The van der Waals surface area contributed by atoms with E-state index in [1.807, 2.05) is 0 Å². The number of hydrogen-bond acceptors (Lipinski definition) is 3. The molecule has 20 heavy (non-hydrogen) atoms. The molecule has 0 aliphatic carbocycles. The Labute approximate surface area is 116 Å². The Balaban J connectivity index is 1.98. The van der Waals surface area contributed by atoms with Crippen molar-refractivity contribution < 1.29 is 18.7 Å². The number of amides is 2. The number of hydrogen-bond donors (Lipinski definition) is 1. The van der Waals surface area contributed by atoms with Gasteiger partial charge in [-0.25, -0.2) is 4.39 Å². The molecule has 1 atom stereocenters. The van der Waals surface area contributed by atoms with E-state index < -0.39 is 5.92 Å². The number of benzene rings is 1. The van der Waals surface area contributed by atoms with Crippen molar-refractivity contribution in [2.24, 2.45) is 5.92 Å². The fraction of sp³-hybridized carbons (Fsp3) is 0.429. The van der Waals surface area contributed by atoms with Gasteiger partial charge in [-0.3, -0.25) is 9.59 Å². The molecular weight excluding hydrogens is 263 g/mol. The van der Waals surface area contributed by atoms with Gasteiger partial charge in [0, 0.05) is 25.9 Å². The highest BCUT2D eigenvalue weighted by Gasteiger charge is 2.37. The molecule has 0 radical (unpaired) electrons. The molecule has 1 aliphatic rings. The van der Waals surface area contributed by atoms with E-state index in [1.165, 1.54) is 17.0 Å². The van der Waals surface area contributed by atoms with Crippen LogP contribution in [0.2, 0.25) is 0 Å². The monoisotopic (exact) mass is 280 g/mol. The van der Waals surface area contributed by atoms with Crippen LogP contribution in [-0.4, -0.2) is 38.6 Å². The normalized spacial score (nSPS) is 18.4. The average molecular weight is 280 g/mol. The zero-order valence-electron chi connectivity index (χ0n) is 11.3. The third kappa shape index (κ3) is 3.14. The highest BCUT2D eigenvalue weighted by atomic mass is 19.1. The lowest BCUT2D eigenvalue weighted by molar-refractivity contribution is -0.132. The van der Waals surface area contributed by atoms with Gasteiger partial charge in [0.1, 0.15) is 11.7 Å². The maximum absolute atomic E-state index is 12.9. The number of halogens is 1. The van der Waals surface area contributed by atoms with E-state index in [1.54, 1.807) is 19.2 Å². The van der Waals surface area contributed by atoms with Crippen molar-refractivity contribution in [1.29, 1.82) is 0 Å². The molecule has 1 N–H and O–H groups in total. The summed E-state index contributed by atoms with van der Waals surface area (Å²) in [6.45, 7) is 1.26. The van der Waals surface area contributed by atoms with Gasteiger partial charge in [0.05, 0.1) is 6.61 Å². The molecule has 108 valence electrons. The van der Waals surface area contributed by atoms with Gasteiger partial charge in [0.15, 0.2) is 0 Å². The van der Waals surface area contributed by atoms with E-state index in [4.69, 9.17) is 4.74 Å². The Bertz CT molecular complexity index is 490. The molecule has 1 saturated heterocycles. The van der Waals surface area contributed by atoms with Gasteiger partial charge in [-0.2, -0.15) is 0 Å². The predicted octanol–water partition coefficient (Wildman–Crippen LogP) is 0.941. The van der Waals surface area contributed by atoms with Crippen LogP contribution >= 0.6 is 0 Å². The lowest BCUT2D eigenvalue weighted by Crippen LogP contribution is -2.38. The summed E-state index contributed by atoms with van der Waals surface area (Å²) >= 11 is 0.